The summed E-state index contributed by atoms with van der Waals surface area (Å²) in [6.07, 6.45) is 1.83. The average Bonchev–Trinajstić information content (AvgIpc) is 3.36. The van der Waals surface area contributed by atoms with Crippen molar-refractivity contribution in [3.05, 3.63) is 53.3 Å². The second-order valence-corrected chi connectivity index (χ2v) is 6.81. The van der Waals surface area contributed by atoms with E-state index < -0.39 is 6.04 Å². The summed E-state index contributed by atoms with van der Waals surface area (Å²) in [5, 5.41) is 8.40. The molecule has 3 aromatic heterocycles. The Morgan fingerprint density at radius 3 is 2.89 bits per heavy atom. The number of methoxy groups -OCH3 is 1. The molecule has 0 aliphatic rings. The first-order chi connectivity index (χ1) is 13.1. The van der Waals surface area contributed by atoms with Crippen LogP contribution in [0.2, 0.25) is 0 Å². The highest BCUT2D eigenvalue weighted by Crippen LogP contribution is 2.30. The van der Waals surface area contributed by atoms with Gasteiger partial charge < -0.3 is 14.6 Å². The summed E-state index contributed by atoms with van der Waals surface area (Å²) in [5.41, 5.74) is 2.11. The molecule has 0 saturated carbocycles. The van der Waals surface area contributed by atoms with Crippen LogP contribution in [0, 0.1) is 6.92 Å². The zero-order valence-corrected chi connectivity index (χ0v) is 15.8. The Bertz CT molecular complexity index is 1110. The molecule has 0 aliphatic heterocycles. The number of nitrogens with zero attached hydrogens (tertiary/aromatic N) is 4. The number of carbonyl (C=O) groups is 1. The summed E-state index contributed by atoms with van der Waals surface area (Å²) in [7, 11) is 1.62. The number of rotatable bonds is 5. The molecule has 0 bridgehead atoms. The van der Waals surface area contributed by atoms with E-state index in [9.17, 15) is 4.79 Å². The third-order valence-corrected chi connectivity index (χ3v) is 4.93. The molecule has 8 nitrogen and oxygen atoms in total. The Labute approximate surface area is 158 Å². The predicted octanol–water partition coefficient (Wildman–Crippen LogP) is 3.25. The van der Waals surface area contributed by atoms with E-state index in [4.69, 9.17) is 9.26 Å². The first-order valence-electron chi connectivity index (χ1n) is 8.28. The van der Waals surface area contributed by atoms with Gasteiger partial charge in [-0.1, -0.05) is 17.3 Å². The molecule has 138 valence electrons. The monoisotopic (exact) mass is 383 g/mol. The number of para-hydroxylation sites is 1. The maximum absolute atomic E-state index is 12.7. The topological polar surface area (TPSA) is 94.6 Å². The Morgan fingerprint density at radius 1 is 1.33 bits per heavy atom. The number of hydrogen-bond acceptors (Lipinski definition) is 7. The summed E-state index contributed by atoms with van der Waals surface area (Å²) >= 11 is 1.40. The Balaban J connectivity index is 1.63. The molecule has 4 aromatic rings. The zero-order valence-electron chi connectivity index (χ0n) is 15.0. The molecule has 1 aromatic carbocycles. The van der Waals surface area contributed by atoms with Crippen molar-refractivity contribution < 1.29 is 14.1 Å². The molecule has 1 N–H and O–H groups in total. The van der Waals surface area contributed by atoms with Crippen LogP contribution in [0.5, 0.6) is 5.75 Å². The number of carbonyl (C=O) groups excluding carboxylic acids is 1. The van der Waals surface area contributed by atoms with Crippen molar-refractivity contribution in [1.29, 1.82) is 0 Å². The Kier molecular flexibility index (Phi) is 4.36. The molecule has 0 unspecified atom stereocenters. The van der Waals surface area contributed by atoms with Gasteiger partial charge in [0.2, 0.25) is 5.89 Å². The number of fused-ring (bicyclic) bond motifs is 1. The highest BCUT2D eigenvalue weighted by Gasteiger charge is 2.20. The van der Waals surface area contributed by atoms with E-state index in [1.54, 1.807) is 30.7 Å². The molecule has 3 heterocycles. The highest BCUT2D eigenvalue weighted by molar-refractivity contribution is 7.15. The number of hydrogen-bond donors (Lipinski definition) is 1. The van der Waals surface area contributed by atoms with Crippen LogP contribution in [-0.4, -0.2) is 32.5 Å². The molecular formula is C18H17N5O3S. The second-order valence-electron chi connectivity index (χ2n) is 5.97. The zero-order chi connectivity index (χ0) is 19.0. The van der Waals surface area contributed by atoms with Crippen LogP contribution >= 0.6 is 11.3 Å². The predicted molar refractivity (Wildman–Crippen MR) is 100.0 cm³/mol. The molecule has 0 saturated heterocycles. The van der Waals surface area contributed by atoms with E-state index in [1.165, 1.54) is 11.3 Å². The number of imidazole rings is 1. The summed E-state index contributed by atoms with van der Waals surface area (Å²) in [6, 6.07) is 7.24. The van der Waals surface area contributed by atoms with Gasteiger partial charge in [0.25, 0.3) is 5.91 Å². The van der Waals surface area contributed by atoms with Gasteiger partial charge in [0.15, 0.2) is 10.8 Å². The van der Waals surface area contributed by atoms with Gasteiger partial charge in [0, 0.05) is 17.1 Å². The summed E-state index contributed by atoms with van der Waals surface area (Å²) < 4.78 is 12.3. The molecular weight excluding hydrogens is 366 g/mol. The first-order valence-corrected chi connectivity index (χ1v) is 9.16. The number of benzene rings is 1. The van der Waals surface area contributed by atoms with E-state index in [0.29, 0.717) is 17.4 Å². The molecule has 9 heteroatoms. The van der Waals surface area contributed by atoms with Crippen molar-refractivity contribution in [3.8, 4) is 17.0 Å². The van der Waals surface area contributed by atoms with Crippen molar-refractivity contribution in [3.63, 3.8) is 0 Å². The van der Waals surface area contributed by atoms with Crippen LogP contribution in [0.25, 0.3) is 16.2 Å². The summed E-state index contributed by atoms with van der Waals surface area (Å²) in [6.45, 7) is 3.53. The molecule has 27 heavy (non-hydrogen) atoms. The van der Waals surface area contributed by atoms with Gasteiger partial charge in [-0.05, 0) is 26.0 Å². The molecule has 1 amide bonds. The lowest BCUT2D eigenvalue weighted by atomic mass is 10.1. The minimum Gasteiger partial charge on any atom is -0.496 e. The number of aromatic nitrogens is 4. The van der Waals surface area contributed by atoms with Crippen LogP contribution in [0.3, 0.4) is 0 Å². The van der Waals surface area contributed by atoms with E-state index in [0.717, 1.165) is 22.0 Å². The van der Waals surface area contributed by atoms with Gasteiger partial charge in [-0.25, -0.2) is 4.98 Å². The number of aryl methyl sites for hydroxylation is 1. The van der Waals surface area contributed by atoms with E-state index >= 15 is 0 Å². The van der Waals surface area contributed by atoms with Crippen molar-refractivity contribution in [2.75, 3.05) is 7.11 Å². The van der Waals surface area contributed by atoms with Crippen LogP contribution in [0.15, 0.2) is 40.4 Å². The van der Waals surface area contributed by atoms with Crippen molar-refractivity contribution in [1.82, 2.24) is 24.8 Å². The molecule has 0 radical (unpaired) electrons. The fourth-order valence-corrected chi connectivity index (χ4v) is 3.61. The third-order valence-electron chi connectivity index (χ3n) is 4.09. The molecule has 0 fully saturated rings. The van der Waals surface area contributed by atoms with Gasteiger partial charge in [0.1, 0.15) is 17.5 Å². The van der Waals surface area contributed by atoms with E-state index in [-0.39, 0.29) is 5.91 Å². The molecule has 0 aliphatic carbocycles. The standard InChI is InChI=1S/C18H17N5O3S/c1-10(17-20-11(2)22-26-17)19-16(24)14-9-27-18-21-13(8-23(14)18)12-6-4-5-7-15(12)25-3/h4-10H,1-3H3,(H,19,24)/t10-/m0/s1. The number of ether oxygens (including phenoxy) is 1. The highest BCUT2D eigenvalue weighted by atomic mass is 32.1. The van der Waals surface area contributed by atoms with Crippen molar-refractivity contribution in [2.45, 2.75) is 19.9 Å². The largest absolute Gasteiger partial charge is 0.496 e. The molecule has 4 rings (SSSR count). The fraction of sp³-hybridized carbons (Fsp3) is 0.222. The number of nitrogens with one attached hydrogen (secondary N) is 1. The van der Waals surface area contributed by atoms with Crippen LogP contribution in [0.4, 0.5) is 0 Å². The quantitative estimate of drug-likeness (QED) is 0.568. The fourth-order valence-electron chi connectivity index (χ4n) is 2.75. The van der Waals surface area contributed by atoms with Crippen LogP contribution in [-0.2, 0) is 0 Å². The molecule has 0 spiro atoms. The third kappa shape index (κ3) is 3.17. The van der Waals surface area contributed by atoms with Gasteiger partial charge >= 0.3 is 0 Å². The minimum absolute atomic E-state index is 0.242. The number of amides is 1. The maximum atomic E-state index is 12.7. The lowest BCUT2D eigenvalue weighted by Crippen LogP contribution is -2.27. The van der Waals surface area contributed by atoms with E-state index in [1.807, 2.05) is 30.5 Å². The minimum atomic E-state index is -0.397. The normalized spacial score (nSPS) is 12.3. The van der Waals surface area contributed by atoms with E-state index in [2.05, 4.69) is 20.4 Å². The van der Waals surface area contributed by atoms with Gasteiger partial charge in [-0.15, -0.1) is 11.3 Å². The molecule has 1 atom stereocenters. The summed E-state index contributed by atoms with van der Waals surface area (Å²) in [4.78, 5) is 22.2. The smallest absolute Gasteiger partial charge is 0.269 e. The van der Waals surface area contributed by atoms with Gasteiger partial charge in [0.05, 0.1) is 12.8 Å². The average molecular weight is 383 g/mol. The van der Waals surface area contributed by atoms with Crippen molar-refractivity contribution in [2.24, 2.45) is 0 Å². The van der Waals surface area contributed by atoms with Crippen molar-refractivity contribution >= 4 is 22.2 Å². The summed E-state index contributed by atoms with van der Waals surface area (Å²) in [5.74, 6) is 1.39. The van der Waals surface area contributed by atoms with Crippen LogP contribution in [0.1, 0.15) is 35.2 Å². The maximum Gasteiger partial charge on any atom is 0.269 e. The van der Waals surface area contributed by atoms with Gasteiger partial charge in [-0.3, -0.25) is 9.20 Å². The lowest BCUT2D eigenvalue weighted by molar-refractivity contribution is 0.0927. The van der Waals surface area contributed by atoms with Crippen LogP contribution < -0.4 is 10.1 Å². The second kappa shape index (κ2) is 6.84. The number of thiazole rings is 1. The Morgan fingerprint density at radius 2 is 2.15 bits per heavy atom. The SMILES string of the molecule is COc1ccccc1-c1cn2c(C(=O)N[C@@H](C)c3nc(C)no3)csc2n1. The first kappa shape index (κ1) is 17.2. The Hall–Kier alpha value is -3.20. The lowest BCUT2D eigenvalue weighted by Gasteiger charge is -2.08. The van der Waals surface area contributed by atoms with Gasteiger partial charge in [-0.2, -0.15) is 4.98 Å².